The van der Waals surface area contributed by atoms with Gasteiger partial charge in [-0.2, -0.15) is 0 Å². The zero-order chi connectivity index (χ0) is 22.8. The molecule has 0 radical (unpaired) electrons. The minimum atomic E-state index is -0.142. The number of benzene rings is 3. The molecule has 1 aliphatic carbocycles. The van der Waals surface area contributed by atoms with Crippen LogP contribution in [-0.2, 0) is 0 Å². The van der Waals surface area contributed by atoms with E-state index in [1.54, 1.807) is 37.7 Å². The first-order valence-corrected chi connectivity index (χ1v) is 12.2. The van der Waals surface area contributed by atoms with E-state index < -0.39 is 0 Å². The van der Waals surface area contributed by atoms with Crippen LogP contribution in [0.15, 0.2) is 85.0 Å². The molecule has 1 saturated carbocycles. The van der Waals surface area contributed by atoms with Gasteiger partial charge in [0, 0.05) is 25.6 Å². The molecule has 0 unspecified atom stereocenters. The number of ether oxygens (including phenoxy) is 2. The lowest BCUT2D eigenvalue weighted by atomic mass is 10.2. The third kappa shape index (κ3) is 4.96. The van der Waals surface area contributed by atoms with Crippen molar-refractivity contribution in [2.75, 3.05) is 19.5 Å². The topological polar surface area (TPSA) is 76.2 Å². The van der Waals surface area contributed by atoms with Gasteiger partial charge in [0.05, 0.1) is 25.1 Å². The maximum atomic E-state index is 13.2. The van der Waals surface area contributed by atoms with Crippen LogP contribution in [0.4, 0.5) is 5.95 Å². The van der Waals surface area contributed by atoms with E-state index in [0.29, 0.717) is 22.9 Å². The van der Waals surface area contributed by atoms with Crippen LogP contribution < -0.4 is 20.3 Å². The molecular formula is C25H23N3O3S2. The smallest absolute Gasteiger partial charge is 0.261 e. The molecule has 5 rings (SSSR count). The fourth-order valence-corrected chi connectivity index (χ4v) is 5.25. The molecule has 1 fully saturated rings. The van der Waals surface area contributed by atoms with Gasteiger partial charge in [-0.1, -0.05) is 23.5 Å². The SMILES string of the molecule is COc1ccc(Sc2ccc(Sc3ccc(OC)cc3)c3c(=O)[nH]c(NC4CC4)nc23)cc1. The van der Waals surface area contributed by atoms with Crippen molar-refractivity contribution in [1.82, 2.24) is 9.97 Å². The van der Waals surface area contributed by atoms with Crippen LogP contribution in [0.2, 0.25) is 0 Å². The number of hydrogen-bond acceptors (Lipinski definition) is 7. The van der Waals surface area contributed by atoms with Crippen molar-refractivity contribution in [1.29, 1.82) is 0 Å². The summed E-state index contributed by atoms with van der Waals surface area (Å²) in [6, 6.07) is 20.1. The van der Waals surface area contributed by atoms with E-state index in [9.17, 15) is 4.79 Å². The van der Waals surface area contributed by atoms with Gasteiger partial charge in [-0.05, 0) is 73.5 Å². The Morgan fingerprint density at radius 2 is 1.39 bits per heavy atom. The van der Waals surface area contributed by atoms with Gasteiger partial charge in [0.15, 0.2) is 0 Å². The van der Waals surface area contributed by atoms with E-state index >= 15 is 0 Å². The van der Waals surface area contributed by atoms with E-state index in [2.05, 4.69) is 10.3 Å². The summed E-state index contributed by atoms with van der Waals surface area (Å²) in [6.07, 6.45) is 2.20. The number of fused-ring (bicyclic) bond motifs is 1. The van der Waals surface area contributed by atoms with Gasteiger partial charge in [-0.15, -0.1) is 0 Å². The molecule has 168 valence electrons. The van der Waals surface area contributed by atoms with Crippen LogP contribution in [0, 0.1) is 0 Å². The highest BCUT2D eigenvalue weighted by Crippen LogP contribution is 2.39. The number of rotatable bonds is 8. The number of H-pyrrole nitrogens is 1. The predicted molar refractivity (Wildman–Crippen MR) is 133 cm³/mol. The van der Waals surface area contributed by atoms with E-state index in [0.717, 1.165) is 43.9 Å². The zero-order valence-electron chi connectivity index (χ0n) is 18.3. The third-order valence-corrected chi connectivity index (χ3v) is 7.40. The maximum absolute atomic E-state index is 13.2. The minimum Gasteiger partial charge on any atom is -0.497 e. The van der Waals surface area contributed by atoms with E-state index in [1.807, 2.05) is 60.7 Å². The second-order valence-corrected chi connectivity index (χ2v) is 9.90. The Hall–Kier alpha value is -3.10. The molecular weight excluding hydrogens is 454 g/mol. The standard InChI is InChI=1S/C25H23N3O3S2/c1-30-16-5-9-18(10-6-16)32-20-13-14-21(33-19-11-7-17(31-2)8-12-19)23-22(20)24(29)28-25(27-23)26-15-3-4-15/h5-15H,3-4H2,1-2H3,(H2,26,27,28,29). The summed E-state index contributed by atoms with van der Waals surface area (Å²) in [4.78, 5) is 24.8. The van der Waals surface area contributed by atoms with Crippen LogP contribution in [0.1, 0.15) is 12.8 Å². The number of nitrogens with zero attached hydrogens (tertiary/aromatic N) is 1. The van der Waals surface area contributed by atoms with Crippen molar-refractivity contribution in [2.24, 2.45) is 0 Å². The molecule has 4 aromatic rings. The van der Waals surface area contributed by atoms with Gasteiger partial charge < -0.3 is 14.8 Å². The monoisotopic (exact) mass is 477 g/mol. The van der Waals surface area contributed by atoms with Crippen LogP contribution in [0.25, 0.3) is 10.9 Å². The summed E-state index contributed by atoms with van der Waals surface area (Å²) in [7, 11) is 3.30. The van der Waals surface area contributed by atoms with Crippen molar-refractivity contribution >= 4 is 40.4 Å². The first-order valence-electron chi connectivity index (χ1n) is 10.6. The summed E-state index contributed by atoms with van der Waals surface area (Å²) >= 11 is 3.12. The molecule has 0 bridgehead atoms. The molecule has 1 aromatic heterocycles. The average molecular weight is 478 g/mol. The normalized spacial score (nSPS) is 13.2. The van der Waals surface area contributed by atoms with E-state index in [1.165, 1.54) is 0 Å². The molecule has 6 nitrogen and oxygen atoms in total. The third-order valence-electron chi connectivity index (χ3n) is 5.28. The molecule has 1 heterocycles. The Kier molecular flexibility index (Phi) is 6.20. The first-order chi connectivity index (χ1) is 16.1. The zero-order valence-corrected chi connectivity index (χ0v) is 19.9. The first kappa shape index (κ1) is 21.7. The number of methoxy groups -OCH3 is 2. The second kappa shape index (κ2) is 9.41. The number of nitrogens with one attached hydrogen (secondary N) is 2. The van der Waals surface area contributed by atoms with Gasteiger partial charge in [0.2, 0.25) is 5.95 Å². The number of hydrogen-bond donors (Lipinski definition) is 2. The second-order valence-electron chi connectivity index (χ2n) is 7.67. The fraction of sp³-hybridized carbons (Fsp3) is 0.200. The predicted octanol–water partition coefficient (Wildman–Crippen LogP) is 5.82. The van der Waals surface area contributed by atoms with Crippen molar-refractivity contribution in [2.45, 2.75) is 38.5 Å². The van der Waals surface area contributed by atoms with Gasteiger partial charge in [0.1, 0.15) is 11.5 Å². The number of aromatic nitrogens is 2. The minimum absolute atomic E-state index is 0.142. The van der Waals surface area contributed by atoms with Gasteiger partial charge in [0.25, 0.3) is 5.56 Å². The molecule has 0 spiro atoms. The largest absolute Gasteiger partial charge is 0.497 e. The summed E-state index contributed by atoms with van der Waals surface area (Å²) < 4.78 is 10.5. The highest BCUT2D eigenvalue weighted by molar-refractivity contribution is 8.00. The Labute approximate surface area is 200 Å². The van der Waals surface area contributed by atoms with E-state index in [-0.39, 0.29) is 5.56 Å². The lowest BCUT2D eigenvalue weighted by Gasteiger charge is -2.12. The van der Waals surface area contributed by atoms with Crippen molar-refractivity contribution in [3.63, 3.8) is 0 Å². The molecule has 33 heavy (non-hydrogen) atoms. The molecule has 0 saturated heterocycles. The highest BCUT2D eigenvalue weighted by atomic mass is 32.2. The highest BCUT2D eigenvalue weighted by Gasteiger charge is 2.23. The summed E-state index contributed by atoms with van der Waals surface area (Å²) in [5, 5.41) is 3.92. The summed E-state index contributed by atoms with van der Waals surface area (Å²) in [5.41, 5.74) is 0.553. The Morgan fingerprint density at radius 1 is 0.848 bits per heavy atom. The fourth-order valence-electron chi connectivity index (χ4n) is 3.39. The van der Waals surface area contributed by atoms with Gasteiger partial charge >= 0.3 is 0 Å². The lowest BCUT2D eigenvalue weighted by molar-refractivity contribution is 0.414. The van der Waals surface area contributed by atoms with Crippen LogP contribution in [0.5, 0.6) is 11.5 Å². The number of aromatic amines is 1. The molecule has 0 aliphatic heterocycles. The van der Waals surface area contributed by atoms with Crippen molar-refractivity contribution < 1.29 is 9.47 Å². The Balaban J connectivity index is 1.56. The summed E-state index contributed by atoms with van der Waals surface area (Å²) in [5.74, 6) is 2.13. The van der Waals surface area contributed by atoms with Crippen molar-refractivity contribution in [3.05, 3.63) is 71.0 Å². The quantitative estimate of drug-likeness (QED) is 0.331. The maximum Gasteiger partial charge on any atom is 0.261 e. The average Bonchev–Trinajstić information content (AvgIpc) is 3.65. The van der Waals surface area contributed by atoms with E-state index in [4.69, 9.17) is 14.5 Å². The molecule has 0 amide bonds. The molecule has 2 N–H and O–H groups in total. The van der Waals surface area contributed by atoms with Crippen LogP contribution in [0.3, 0.4) is 0 Å². The molecule has 0 atom stereocenters. The van der Waals surface area contributed by atoms with Crippen LogP contribution in [-0.4, -0.2) is 30.2 Å². The molecule has 1 aliphatic rings. The Morgan fingerprint density at radius 3 is 1.94 bits per heavy atom. The van der Waals surface area contributed by atoms with Crippen molar-refractivity contribution in [3.8, 4) is 11.5 Å². The number of anilines is 1. The van der Waals surface area contributed by atoms with Gasteiger partial charge in [-0.3, -0.25) is 9.78 Å². The van der Waals surface area contributed by atoms with Crippen LogP contribution >= 0.6 is 23.5 Å². The Bertz CT molecular complexity index is 1330. The molecule has 8 heteroatoms. The molecule has 3 aromatic carbocycles. The lowest BCUT2D eigenvalue weighted by Crippen LogP contribution is -2.15. The van der Waals surface area contributed by atoms with Gasteiger partial charge in [-0.25, -0.2) is 4.98 Å². The summed E-state index contributed by atoms with van der Waals surface area (Å²) in [6.45, 7) is 0.